The minimum atomic E-state index is -0.413. The van der Waals surface area contributed by atoms with E-state index in [9.17, 15) is 4.79 Å². The van der Waals surface area contributed by atoms with Crippen molar-refractivity contribution >= 4 is 31.9 Å². The Kier molecular flexibility index (Phi) is 2.79. The lowest BCUT2D eigenvalue weighted by Crippen LogP contribution is -2.33. The molecular weight excluding hydrogens is 328 g/mol. The molecule has 78 valence electrons. The van der Waals surface area contributed by atoms with Gasteiger partial charge in [0.1, 0.15) is 0 Å². The van der Waals surface area contributed by atoms with Crippen LogP contribution in [-0.2, 0) is 0 Å². The van der Waals surface area contributed by atoms with Crippen molar-refractivity contribution in [3.8, 4) is 5.69 Å². The predicted molar refractivity (Wildman–Crippen MR) is 61.0 cm³/mol. The average Bonchev–Trinajstić information content (AvgIpc) is 2.49. The van der Waals surface area contributed by atoms with E-state index in [0.29, 0.717) is 0 Å². The maximum absolute atomic E-state index is 10.9. The molecule has 0 amide bonds. The summed E-state index contributed by atoms with van der Waals surface area (Å²) in [6, 6.07) is 3.86. The summed E-state index contributed by atoms with van der Waals surface area (Å²) < 4.78 is 7.99. The van der Waals surface area contributed by atoms with Gasteiger partial charge in [0.05, 0.1) is 4.47 Å². The van der Waals surface area contributed by atoms with Crippen molar-refractivity contribution in [2.24, 2.45) is 0 Å². The second-order valence-corrected chi connectivity index (χ2v) is 4.83. The molecule has 4 nitrogen and oxygen atoms in total. The minimum Gasteiger partial charge on any atom is -0.283 e. The van der Waals surface area contributed by atoms with E-state index in [0.717, 1.165) is 20.2 Å². The van der Waals surface area contributed by atoms with Gasteiger partial charge in [0, 0.05) is 10.0 Å². The van der Waals surface area contributed by atoms with Gasteiger partial charge < -0.3 is 0 Å². The second-order valence-electron chi connectivity index (χ2n) is 3.06. The Balaban J connectivity index is 2.67. The lowest BCUT2D eigenvalue weighted by Gasteiger charge is -1.99. The molecule has 0 bridgehead atoms. The zero-order chi connectivity index (χ0) is 11.0. The fourth-order valence-electron chi connectivity index (χ4n) is 1.36. The number of hydrogen-bond acceptors (Lipinski definition) is 2. The number of aromatic nitrogens is 2. The lowest BCUT2D eigenvalue weighted by atomic mass is 10.2. The number of nitrogens with zero attached hydrogens (tertiary/aromatic N) is 1. The van der Waals surface area contributed by atoms with Crippen LogP contribution in [0.2, 0.25) is 0 Å². The Morgan fingerprint density at radius 2 is 2.13 bits per heavy atom. The molecule has 0 saturated carbocycles. The van der Waals surface area contributed by atoms with E-state index in [-0.39, 0.29) is 0 Å². The third-order valence-electron chi connectivity index (χ3n) is 1.94. The molecule has 1 aromatic heterocycles. The summed E-state index contributed by atoms with van der Waals surface area (Å²) in [5.74, 6) is 0. The summed E-state index contributed by atoms with van der Waals surface area (Å²) in [6.07, 6.45) is 1.35. The van der Waals surface area contributed by atoms with Gasteiger partial charge in [0.2, 0.25) is 0 Å². The Morgan fingerprint density at radius 3 is 2.67 bits per heavy atom. The van der Waals surface area contributed by atoms with Crippen LogP contribution in [0.15, 0.2) is 36.6 Å². The highest BCUT2D eigenvalue weighted by molar-refractivity contribution is 9.11. The number of hydrogen-bond donors (Lipinski definition) is 1. The molecule has 1 aromatic carbocycles. The molecule has 1 heterocycles. The highest BCUT2D eigenvalue weighted by Gasteiger charge is 2.18. The van der Waals surface area contributed by atoms with Crippen molar-refractivity contribution in [3.05, 3.63) is 43.3 Å². The van der Waals surface area contributed by atoms with Crippen LogP contribution in [0.25, 0.3) is 5.69 Å². The van der Waals surface area contributed by atoms with Crippen LogP contribution in [0.1, 0.15) is 5.56 Å². The number of rotatable bonds is 1. The van der Waals surface area contributed by atoms with Gasteiger partial charge in [-0.2, -0.15) is 0 Å². The van der Waals surface area contributed by atoms with E-state index in [4.69, 9.17) is 0 Å². The van der Waals surface area contributed by atoms with Gasteiger partial charge in [-0.1, -0.05) is 15.9 Å². The first-order chi connectivity index (χ1) is 7.08. The van der Waals surface area contributed by atoms with Gasteiger partial charge in [-0.3, -0.25) is 4.52 Å². The van der Waals surface area contributed by atoms with Gasteiger partial charge in [0.25, 0.3) is 11.9 Å². The van der Waals surface area contributed by atoms with Crippen LogP contribution in [-0.4, -0.2) is 5.27 Å². The highest BCUT2D eigenvalue weighted by Crippen LogP contribution is 2.25. The number of halogens is 2. The summed E-state index contributed by atoms with van der Waals surface area (Å²) in [6.45, 7) is 1.95. The van der Waals surface area contributed by atoms with Crippen molar-refractivity contribution < 1.29 is 9.20 Å². The third-order valence-corrected chi connectivity index (χ3v) is 3.00. The number of H-pyrrole nitrogens is 1. The molecular formula is C9H7Br2N2O2+. The highest BCUT2D eigenvalue weighted by atomic mass is 79.9. The van der Waals surface area contributed by atoms with E-state index in [1.54, 1.807) is 0 Å². The van der Waals surface area contributed by atoms with Gasteiger partial charge >= 0.3 is 5.63 Å². The zero-order valence-electron chi connectivity index (χ0n) is 7.75. The van der Waals surface area contributed by atoms with Gasteiger partial charge in [-0.05, 0) is 44.9 Å². The van der Waals surface area contributed by atoms with E-state index in [1.165, 1.54) is 10.9 Å². The van der Waals surface area contributed by atoms with Crippen molar-refractivity contribution in [1.29, 1.82) is 0 Å². The Morgan fingerprint density at radius 1 is 1.40 bits per heavy atom. The standard InChI is InChI=1S/C9H6Br2N2O2/c1-5-2-6(10)3-7(11)9(5)13-4-8(14)15-12-13/h2-4H,1H3/p+1. The quantitative estimate of drug-likeness (QED) is 0.812. The third kappa shape index (κ3) is 2.05. The van der Waals surface area contributed by atoms with Crippen molar-refractivity contribution in [3.63, 3.8) is 0 Å². The van der Waals surface area contributed by atoms with E-state index < -0.39 is 5.63 Å². The van der Waals surface area contributed by atoms with Crippen molar-refractivity contribution in [2.75, 3.05) is 0 Å². The van der Waals surface area contributed by atoms with Crippen LogP contribution in [0.3, 0.4) is 0 Å². The molecule has 6 heteroatoms. The summed E-state index contributed by atoms with van der Waals surface area (Å²) in [5.41, 5.74) is 1.45. The van der Waals surface area contributed by atoms with Crippen LogP contribution >= 0.6 is 31.9 Å². The van der Waals surface area contributed by atoms with E-state index >= 15 is 0 Å². The molecule has 0 radical (unpaired) electrons. The topological polar surface area (TPSA) is 49.9 Å². The first kappa shape index (κ1) is 10.6. The average molecular weight is 335 g/mol. The fraction of sp³-hybridized carbons (Fsp3) is 0.111. The minimum absolute atomic E-state index is 0.413. The summed E-state index contributed by atoms with van der Waals surface area (Å²) in [7, 11) is 0. The monoisotopic (exact) mass is 333 g/mol. The summed E-state index contributed by atoms with van der Waals surface area (Å²) >= 11 is 6.82. The van der Waals surface area contributed by atoms with Crippen molar-refractivity contribution in [2.45, 2.75) is 6.92 Å². The molecule has 0 spiro atoms. The van der Waals surface area contributed by atoms with E-state index in [1.807, 2.05) is 19.1 Å². The molecule has 0 atom stereocenters. The van der Waals surface area contributed by atoms with Crippen LogP contribution in [0.4, 0.5) is 0 Å². The molecule has 0 aliphatic heterocycles. The molecule has 0 fully saturated rings. The Bertz CT molecular complexity index is 536. The normalized spacial score (nSPS) is 10.6. The SMILES string of the molecule is Cc1cc(Br)cc(Br)c1-[n+]1cc(=O)o[nH]1. The first-order valence-electron chi connectivity index (χ1n) is 4.14. The Hall–Kier alpha value is -0.880. The number of aryl methyl sites for hydroxylation is 1. The molecule has 0 aliphatic carbocycles. The molecule has 2 rings (SSSR count). The summed E-state index contributed by atoms with van der Waals surface area (Å²) in [4.78, 5) is 10.9. The van der Waals surface area contributed by atoms with Gasteiger partial charge in [0.15, 0.2) is 0 Å². The van der Waals surface area contributed by atoms with Crippen LogP contribution < -0.4 is 10.3 Å². The maximum atomic E-state index is 10.9. The smallest absolute Gasteiger partial charge is 0.283 e. The first-order valence-corrected chi connectivity index (χ1v) is 5.73. The summed E-state index contributed by atoms with van der Waals surface area (Å²) in [5, 5.41) is 2.51. The number of nitrogens with one attached hydrogen (secondary N) is 1. The largest absolute Gasteiger partial charge is 0.427 e. The number of benzene rings is 1. The molecule has 2 aromatic rings. The predicted octanol–water partition coefficient (Wildman–Crippen LogP) is 2.08. The molecule has 0 unspecified atom stereocenters. The van der Waals surface area contributed by atoms with Crippen molar-refractivity contribution in [1.82, 2.24) is 5.27 Å². The van der Waals surface area contributed by atoms with Crippen LogP contribution in [0.5, 0.6) is 0 Å². The van der Waals surface area contributed by atoms with Gasteiger partial charge in [-0.25, -0.2) is 4.79 Å². The molecule has 0 aliphatic rings. The molecule has 1 N–H and O–H groups in total. The maximum Gasteiger partial charge on any atom is 0.427 e. The molecule has 15 heavy (non-hydrogen) atoms. The lowest BCUT2D eigenvalue weighted by molar-refractivity contribution is -0.671. The Labute approximate surface area is 102 Å². The van der Waals surface area contributed by atoms with E-state index in [2.05, 4.69) is 41.7 Å². The zero-order valence-corrected chi connectivity index (χ0v) is 10.9. The van der Waals surface area contributed by atoms with Crippen LogP contribution in [0, 0.1) is 6.92 Å². The number of aromatic amines is 1. The van der Waals surface area contributed by atoms with Gasteiger partial charge in [-0.15, -0.1) is 0 Å². The fourth-order valence-corrected chi connectivity index (χ4v) is 2.99. The molecule has 0 saturated heterocycles. The second kappa shape index (κ2) is 3.94.